The first-order valence-electron chi connectivity index (χ1n) is 7.88. The molecule has 0 bridgehead atoms. The van der Waals surface area contributed by atoms with Crippen molar-refractivity contribution in [2.45, 2.75) is 39.7 Å². The zero-order valence-corrected chi connectivity index (χ0v) is 14.6. The molecule has 0 spiro atoms. The van der Waals surface area contributed by atoms with Gasteiger partial charge in [0.2, 0.25) is 15.9 Å². The maximum Gasteiger partial charge on any atom is 0.235 e. The average Bonchev–Trinajstić information content (AvgIpc) is 2.46. The maximum atomic E-state index is 12.1. The molecule has 1 aromatic rings. The molecule has 6 nitrogen and oxygen atoms in total. The number of hydrogen-bond acceptors (Lipinski definition) is 4. The Balaban J connectivity index is 2.09. The van der Waals surface area contributed by atoms with Gasteiger partial charge in [0.1, 0.15) is 0 Å². The number of benzene rings is 1. The maximum absolute atomic E-state index is 12.1. The molecule has 23 heavy (non-hydrogen) atoms. The predicted octanol–water partition coefficient (Wildman–Crippen LogP) is 2.15. The minimum atomic E-state index is -3.44. The number of amides is 1. The molecule has 0 unspecified atom stereocenters. The van der Waals surface area contributed by atoms with Crippen molar-refractivity contribution in [3.05, 3.63) is 23.8 Å². The van der Waals surface area contributed by atoms with E-state index < -0.39 is 10.0 Å². The highest BCUT2D eigenvalue weighted by molar-refractivity contribution is 7.92. The van der Waals surface area contributed by atoms with Crippen LogP contribution >= 0.6 is 0 Å². The second kappa shape index (κ2) is 7.31. The number of carbonyl (C=O) groups is 1. The first-order valence-corrected chi connectivity index (χ1v) is 9.53. The van der Waals surface area contributed by atoms with Gasteiger partial charge in [0.25, 0.3) is 0 Å². The van der Waals surface area contributed by atoms with E-state index in [4.69, 9.17) is 4.74 Å². The molecule has 0 radical (unpaired) electrons. The highest BCUT2D eigenvalue weighted by Gasteiger charge is 2.23. The van der Waals surface area contributed by atoms with Crippen LogP contribution < -0.4 is 9.62 Å². The van der Waals surface area contributed by atoms with Gasteiger partial charge in [0, 0.05) is 24.3 Å². The van der Waals surface area contributed by atoms with Crippen LogP contribution in [0.4, 0.5) is 11.4 Å². The summed E-state index contributed by atoms with van der Waals surface area (Å²) in [4.78, 5) is 13.6. The Bertz CT molecular complexity index is 671. The Morgan fingerprint density at radius 2 is 2.04 bits per heavy atom. The Morgan fingerprint density at radius 3 is 2.70 bits per heavy atom. The minimum Gasteiger partial charge on any atom is -0.378 e. The number of nitrogens with zero attached hydrogens (tertiary/aromatic N) is 1. The van der Waals surface area contributed by atoms with Crippen molar-refractivity contribution in [1.29, 1.82) is 0 Å². The molecule has 0 atom stereocenters. The van der Waals surface area contributed by atoms with Crippen molar-refractivity contribution in [2.24, 2.45) is 0 Å². The third kappa shape index (κ3) is 4.68. The monoisotopic (exact) mass is 340 g/mol. The second-order valence-electron chi connectivity index (χ2n) is 5.82. The molecule has 0 saturated heterocycles. The smallest absolute Gasteiger partial charge is 0.235 e. The molecular weight excluding hydrogens is 316 g/mol. The van der Waals surface area contributed by atoms with Gasteiger partial charge in [0.15, 0.2) is 0 Å². The molecule has 1 heterocycles. The minimum absolute atomic E-state index is 0.00603. The predicted molar refractivity (Wildman–Crippen MR) is 91.3 cm³/mol. The van der Waals surface area contributed by atoms with Crippen molar-refractivity contribution in [1.82, 2.24) is 0 Å². The number of ether oxygens (including phenoxy) is 1. The number of carbonyl (C=O) groups excluding carboxylic acids is 1. The summed E-state index contributed by atoms with van der Waals surface area (Å²) >= 11 is 0. The third-order valence-electron chi connectivity index (χ3n) is 3.67. The van der Waals surface area contributed by atoms with Crippen molar-refractivity contribution in [3.63, 3.8) is 0 Å². The van der Waals surface area contributed by atoms with Gasteiger partial charge in [-0.25, -0.2) is 8.42 Å². The lowest BCUT2D eigenvalue weighted by Crippen LogP contribution is -2.34. The fourth-order valence-corrected chi connectivity index (χ4v) is 3.50. The number of hydrogen-bond donors (Lipinski definition) is 1. The van der Waals surface area contributed by atoms with Crippen molar-refractivity contribution >= 4 is 27.3 Å². The van der Waals surface area contributed by atoms with Gasteiger partial charge >= 0.3 is 0 Å². The Kier molecular flexibility index (Phi) is 5.64. The van der Waals surface area contributed by atoms with Gasteiger partial charge < -0.3 is 9.64 Å². The molecule has 2 rings (SSSR count). The highest BCUT2D eigenvalue weighted by Crippen LogP contribution is 2.30. The first-order chi connectivity index (χ1) is 10.8. The molecule has 1 aromatic carbocycles. The number of aryl methyl sites for hydroxylation is 1. The highest BCUT2D eigenvalue weighted by atomic mass is 32.2. The second-order valence-corrected chi connectivity index (χ2v) is 7.66. The lowest BCUT2D eigenvalue weighted by Gasteiger charge is -2.28. The van der Waals surface area contributed by atoms with Gasteiger partial charge in [0.05, 0.1) is 18.5 Å². The molecular formula is C16H24N2O4S. The number of sulfonamides is 1. The van der Waals surface area contributed by atoms with E-state index in [1.54, 1.807) is 17.0 Å². The van der Waals surface area contributed by atoms with Gasteiger partial charge in [-0.1, -0.05) is 0 Å². The van der Waals surface area contributed by atoms with E-state index in [0.29, 0.717) is 25.1 Å². The van der Waals surface area contributed by atoms with Crippen LogP contribution in [0.25, 0.3) is 0 Å². The van der Waals surface area contributed by atoms with E-state index in [1.165, 1.54) is 0 Å². The standard InChI is InChI=1S/C16H24N2O4S/c1-4-18-15-7-6-14(11-13(15)5-8-16(18)19)17-23(20,21)10-9-22-12(2)3/h6-7,11-12,17H,4-5,8-10H2,1-3H3. The largest absolute Gasteiger partial charge is 0.378 e. The third-order valence-corrected chi connectivity index (χ3v) is 4.92. The average molecular weight is 340 g/mol. The van der Waals surface area contributed by atoms with Crippen LogP contribution in [0.1, 0.15) is 32.8 Å². The summed E-state index contributed by atoms with van der Waals surface area (Å²) in [5, 5.41) is 0. The molecule has 0 saturated carbocycles. The molecule has 1 amide bonds. The summed E-state index contributed by atoms with van der Waals surface area (Å²) in [5.41, 5.74) is 2.39. The zero-order valence-electron chi connectivity index (χ0n) is 13.8. The molecule has 0 aliphatic carbocycles. The van der Waals surface area contributed by atoms with Crippen LogP contribution in [-0.2, 0) is 26.0 Å². The van der Waals surface area contributed by atoms with E-state index in [-0.39, 0.29) is 24.4 Å². The summed E-state index contributed by atoms with van der Waals surface area (Å²) in [7, 11) is -3.44. The summed E-state index contributed by atoms with van der Waals surface area (Å²) in [6.45, 7) is 6.44. The van der Waals surface area contributed by atoms with E-state index in [9.17, 15) is 13.2 Å². The van der Waals surface area contributed by atoms with Crippen LogP contribution in [-0.4, -0.2) is 39.3 Å². The first kappa shape index (κ1) is 17.7. The lowest BCUT2D eigenvalue weighted by molar-refractivity contribution is -0.118. The Labute approximate surface area is 137 Å². The summed E-state index contributed by atoms with van der Waals surface area (Å²) < 4.78 is 32.0. The SMILES string of the molecule is CCN1C(=O)CCc2cc(NS(=O)(=O)CCOC(C)C)ccc21. The lowest BCUT2D eigenvalue weighted by atomic mass is 10.0. The normalized spacial score (nSPS) is 15.0. The van der Waals surface area contributed by atoms with Crippen molar-refractivity contribution < 1.29 is 17.9 Å². The van der Waals surface area contributed by atoms with E-state index in [1.807, 2.05) is 26.8 Å². The summed E-state index contributed by atoms with van der Waals surface area (Å²) in [6.07, 6.45) is 1.10. The number of anilines is 2. The fourth-order valence-electron chi connectivity index (χ4n) is 2.59. The van der Waals surface area contributed by atoms with Crippen LogP contribution in [0, 0.1) is 0 Å². The molecule has 1 aliphatic rings. The summed E-state index contributed by atoms with van der Waals surface area (Å²) in [6, 6.07) is 5.31. The van der Waals surface area contributed by atoms with Crippen LogP contribution in [0.2, 0.25) is 0 Å². The van der Waals surface area contributed by atoms with Gasteiger partial charge in [-0.15, -0.1) is 0 Å². The number of rotatable bonds is 7. The van der Waals surface area contributed by atoms with E-state index >= 15 is 0 Å². The Morgan fingerprint density at radius 1 is 1.30 bits per heavy atom. The van der Waals surface area contributed by atoms with Gasteiger partial charge in [-0.05, 0) is 51.0 Å². The van der Waals surface area contributed by atoms with Crippen LogP contribution in [0.3, 0.4) is 0 Å². The zero-order chi connectivity index (χ0) is 17.0. The fraction of sp³-hybridized carbons (Fsp3) is 0.562. The molecule has 1 aliphatic heterocycles. The Hall–Kier alpha value is -1.60. The van der Waals surface area contributed by atoms with E-state index in [0.717, 1.165) is 11.3 Å². The molecule has 1 N–H and O–H groups in total. The van der Waals surface area contributed by atoms with Crippen LogP contribution in [0.15, 0.2) is 18.2 Å². The van der Waals surface area contributed by atoms with E-state index in [2.05, 4.69) is 4.72 Å². The summed E-state index contributed by atoms with van der Waals surface area (Å²) in [5.74, 6) is 0.0288. The number of nitrogens with one attached hydrogen (secondary N) is 1. The number of fused-ring (bicyclic) bond motifs is 1. The molecule has 0 fully saturated rings. The molecule has 128 valence electrons. The van der Waals surface area contributed by atoms with Gasteiger partial charge in [-0.3, -0.25) is 9.52 Å². The molecule has 7 heteroatoms. The quantitative estimate of drug-likeness (QED) is 0.825. The molecule has 0 aromatic heterocycles. The van der Waals surface area contributed by atoms with Crippen molar-refractivity contribution in [2.75, 3.05) is 28.5 Å². The van der Waals surface area contributed by atoms with Crippen molar-refractivity contribution in [3.8, 4) is 0 Å². The topological polar surface area (TPSA) is 75.7 Å². The van der Waals surface area contributed by atoms with Gasteiger partial charge in [-0.2, -0.15) is 0 Å². The van der Waals surface area contributed by atoms with Crippen LogP contribution in [0.5, 0.6) is 0 Å².